The number of hydrogen-bond acceptors (Lipinski definition) is 16. The Hall–Kier alpha value is -13.3. The van der Waals surface area contributed by atoms with Crippen LogP contribution < -0.4 is 33.7 Å². The molecule has 5 aromatic heterocycles. The maximum absolute atomic E-state index is 12.5. The number of nitrogens with zero attached hydrogens (tertiary/aromatic N) is 8. The Kier molecular flexibility index (Phi) is 37.8. The maximum atomic E-state index is 12.5. The highest BCUT2D eigenvalue weighted by Crippen LogP contribution is 2.35. The lowest BCUT2D eigenvalue weighted by atomic mass is 9.87. The second-order valence-corrected chi connectivity index (χ2v) is 31.0. The highest BCUT2D eigenvalue weighted by atomic mass is 35.5. The Bertz CT molecular complexity index is 6010. The molecule has 15 rings (SSSR count). The fraction of sp³-hybridized carbons (Fsp3) is 0.218. The van der Waals surface area contributed by atoms with E-state index >= 15 is 0 Å². The highest BCUT2D eigenvalue weighted by Gasteiger charge is 2.30. The topological polar surface area (TPSA) is 203 Å². The minimum Gasteiger partial charge on any atom is -0.489 e. The second kappa shape index (κ2) is 50.0. The zero-order valence-electron chi connectivity index (χ0n) is 71.6. The third kappa shape index (κ3) is 29.4. The number of amides is 1. The van der Waals surface area contributed by atoms with Gasteiger partial charge in [0, 0.05) is 80.3 Å². The fourth-order valence-corrected chi connectivity index (χ4v) is 13.4. The van der Waals surface area contributed by atoms with Crippen LogP contribution in [0, 0.1) is 0 Å². The lowest BCUT2D eigenvalue weighted by molar-refractivity contribution is 0.0896. The van der Waals surface area contributed by atoms with E-state index in [1.807, 2.05) is 238 Å². The summed E-state index contributed by atoms with van der Waals surface area (Å²) in [4.78, 5) is 50.0. The number of rotatable bonds is 29. The van der Waals surface area contributed by atoms with E-state index in [0.29, 0.717) is 178 Å². The lowest BCUT2D eigenvalue weighted by Gasteiger charge is -2.32. The van der Waals surface area contributed by atoms with Gasteiger partial charge in [0.2, 0.25) is 0 Å². The second-order valence-electron chi connectivity index (χ2n) is 29.2. The third-order valence-electron chi connectivity index (χ3n) is 19.6. The molecule has 0 fully saturated rings. The van der Waals surface area contributed by atoms with Crippen LogP contribution in [-0.4, -0.2) is 95.9 Å². The van der Waals surface area contributed by atoms with Gasteiger partial charge in [-0.1, -0.05) is 95.1 Å². The molecule has 0 saturated carbocycles. The van der Waals surface area contributed by atoms with Crippen LogP contribution in [0.5, 0.6) is 34.5 Å². The van der Waals surface area contributed by atoms with E-state index in [1.165, 1.54) is 0 Å². The van der Waals surface area contributed by atoms with Crippen molar-refractivity contribution in [1.29, 1.82) is 0 Å². The van der Waals surface area contributed by atoms with Crippen LogP contribution >= 0.6 is 34.5 Å². The van der Waals surface area contributed by atoms with Gasteiger partial charge in [-0.2, -0.15) is 0 Å². The minimum absolute atomic E-state index is 0.0549. The molecule has 9 aromatic carbocycles. The zero-order chi connectivity index (χ0) is 90.3. The molecule has 26 heteroatoms. The number of benzene rings is 9. The number of ether oxygens (including phenoxy) is 6. The van der Waals surface area contributed by atoms with Gasteiger partial charge in [-0.05, 0) is 280 Å². The number of H-pyrrole nitrogens is 1. The summed E-state index contributed by atoms with van der Waals surface area (Å²) in [5.74, 6) is 6.72. The van der Waals surface area contributed by atoms with Crippen LogP contribution in [0.2, 0.25) is 10.0 Å². The molecule has 14 aromatic rings. The van der Waals surface area contributed by atoms with Gasteiger partial charge < -0.3 is 38.7 Å². The first-order valence-electron chi connectivity index (χ1n) is 41.2. The molecule has 0 radical (unpaired) electrons. The summed E-state index contributed by atoms with van der Waals surface area (Å²) in [5, 5.41) is 6.07. The average molecular weight is 1780 g/mol. The Morgan fingerprint density at radius 2 is 0.835 bits per heavy atom. The normalized spacial score (nSPS) is 12.6. The monoisotopic (exact) mass is 1780 g/mol. The Balaban J connectivity index is 0.000000159. The zero-order valence-corrected chi connectivity index (χ0v) is 73.9. The molecule has 1 aliphatic rings. The molecule has 127 heavy (non-hydrogen) atoms. The number of carbonyl (C=O) groups excluding carboxylic acids is 1. The van der Waals surface area contributed by atoms with Crippen molar-refractivity contribution < 1.29 is 59.6 Å². The van der Waals surface area contributed by atoms with Gasteiger partial charge in [-0.15, -0.1) is 11.3 Å². The Morgan fingerprint density at radius 1 is 0.409 bits per heavy atom. The van der Waals surface area contributed by atoms with E-state index in [-0.39, 0.29) is 51.1 Å². The number of halogens is 8. The third-order valence-corrected chi connectivity index (χ3v) is 21.2. The van der Waals surface area contributed by atoms with Crippen molar-refractivity contribution in [3.05, 3.63) is 336 Å². The molecule has 1 aliphatic heterocycles. The molecule has 0 saturated heterocycles. The van der Waals surface area contributed by atoms with Gasteiger partial charge in [0.25, 0.3) is 5.91 Å². The number of carbonyl (C=O) groups is 1. The SMILES string of the molecule is CCC(=CF)COc1ccc(-c2nc3ccc(Cl)cc3s2)cc1.CCC(=CF)COc1ccc(-c2nc3ccccc3[nH]2)cc1.CCC(=CF)COc1ccc(-c2ncc3ccccc3n2)cc1.CCC(=CF)COc1ccc(-c2ncccn2)cc1.CCC(=CF)COc1ccc(-c2ncccn2)cc1Cl.CCC(=CF)COc1ccc2c(c1)CC(C)(C)NC2=O. The van der Waals surface area contributed by atoms with E-state index < -0.39 is 0 Å². The van der Waals surface area contributed by atoms with E-state index in [9.17, 15) is 31.1 Å². The summed E-state index contributed by atoms with van der Waals surface area (Å²) in [6.07, 6.45) is 16.7. The molecule has 2 N–H and O–H groups in total. The predicted octanol–water partition coefficient (Wildman–Crippen LogP) is 27.7. The van der Waals surface area contributed by atoms with Gasteiger partial charge in [0.15, 0.2) is 17.5 Å². The predicted molar refractivity (Wildman–Crippen MR) is 498 cm³/mol. The first-order valence-corrected chi connectivity index (χ1v) is 42.8. The van der Waals surface area contributed by atoms with Gasteiger partial charge >= 0.3 is 0 Å². The molecular formula is C101H98Cl2F6N10O7S. The molecular weight excluding hydrogens is 1680 g/mol. The van der Waals surface area contributed by atoms with Crippen LogP contribution in [0.1, 0.15) is 110 Å². The minimum atomic E-state index is -0.254. The maximum Gasteiger partial charge on any atom is 0.251 e. The number of aromatic nitrogens is 9. The number of imidazole rings is 1. The molecule has 0 unspecified atom stereocenters. The molecule has 6 heterocycles. The molecule has 0 bridgehead atoms. The van der Waals surface area contributed by atoms with Crippen molar-refractivity contribution in [3.8, 4) is 90.6 Å². The van der Waals surface area contributed by atoms with E-state index in [4.69, 9.17) is 51.6 Å². The van der Waals surface area contributed by atoms with E-state index in [2.05, 4.69) is 50.2 Å². The Labute approximate surface area is 749 Å². The Morgan fingerprint density at radius 3 is 1.31 bits per heavy atom. The number of thiazole rings is 1. The number of aromatic amines is 1. The summed E-state index contributed by atoms with van der Waals surface area (Å²) in [5.41, 5.74) is 13.6. The quantitative estimate of drug-likeness (QED) is 0.0419. The first-order chi connectivity index (χ1) is 61.8. The summed E-state index contributed by atoms with van der Waals surface area (Å²) < 4.78 is 109. The van der Waals surface area contributed by atoms with Crippen LogP contribution in [0.25, 0.3) is 88.3 Å². The highest BCUT2D eigenvalue weighted by molar-refractivity contribution is 7.21. The molecule has 656 valence electrons. The van der Waals surface area contributed by atoms with Crippen LogP contribution in [0.15, 0.2) is 315 Å². The summed E-state index contributed by atoms with van der Waals surface area (Å²) in [6, 6.07) is 65.9. The number of fused-ring (bicyclic) bond motifs is 4. The number of nitrogens with one attached hydrogen (secondary N) is 2. The van der Waals surface area contributed by atoms with Gasteiger partial charge in [-0.25, -0.2) is 66.2 Å². The standard InChI is InChI=1S/C19H17FN2O.C18H15ClFNOS.C18H17FN2O.C16H20FNO2.C15H14ClFN2O.C15H15FN2O/c1-2-14(11-20)13-23-17-9-7-15(8-10-17)19-21-12-16-5-3-4-6-18(16)22-19;1-2-12(10-20)11-22-15-6-3-13(4-7-15)18-21-16-8-5-14(19)9-17(16)23-18;1-2-13(11-19)12-22-15-9-7-14(8-10-15)18-20-16-5-3-4-6-17(16)21-18;1-4-11(9-17)10-20-13-5-6-14-12(7-13)8-16(2,3)18-15(14)19;1-2-11(9-17)10-20-14-5-4-12(8-13(14)16)15-18-6-3-7-19-15;1-2-12(10-16)11-19-14-6-4-13(5-7-14)15-17-8-3-9-18-15/h3-12H,2,13H2,1H3;3-10H,2,11H2,1H3;3-11H,2,12H2,1H3,(H,20,21);5-7,9H,4,8,10H2,1-3H3,(H,18,19);3-9H,2,10H2,1H3;3-10H,2,11H2,1H3. The number of hydrogen-bond donors (Lipinski definition) is 2. The largest absolute Gasteiger partial charge is 0.489 e. The molecule has 0 atom stereocenters. The van der Waals surface area contributed by atoms with Crippen molar-refractivity contribution in [1.82, 2.24) is 50.2 Å². The van der Waals surface area contributed by atoms with Crippen LogP contribution in [-0.2, 0) is 6.42 Å². The smallest absolute Gasteiger partial charge is 0.251 e. The summed E-state index contributed by atoms with van der Waals surface area (Å²) in [6.45, 7) is 16.8. The number of para-hydroxylation sites is 3. The van der Waals surface area contributed by atoms with Gasteiger partial charge in [0.1, 0.15) is 85.0 Å². The average Bonchev–Trinajstić information content (AvgIpc) is 1.72. The van der Waals surface area contributed by atoms with Crippen molar-refractivity contribution in [2.45, 2.75) is 106 Å². The van der Waals surface area contributed by atoms with Gasteiger partial charge in [-0.3, -0.25) is 4.79 Å². The molecule has 17 nitrogen and oxygen atoms in total. The van der Waals surface area contributed by atoms with E-state index in [0.717, 1.165) is 82.8 Å². The van der Waals surface area contributed by atoms with Crippen LogP contribution in [0.3, 0.4) is 0 Å². The van der Waals surface area contributed by atoms with E-state index in [1.54, 1.807) is 72.5 Å². The summed E-state index contributed by atoms with van der Waals surface area (Å²) in [7, 11) is 0. The van der Waals surface area contributed by atoms with Gasteiger partial charge in [0.05, 0.1) is 69.8 Å². The molecule has 1 amide bonds. The van der Waals surface area contributed by atoms with Crippen LogP contribution in [0.4, 0.5) is 26.3 Å². The summed E-state index contributed by atoms with van der Waals surface area (Å²) >= 11 is 13.8. The fourth-order valence-electron chi connectivity index (χ4n) is 11.9. The first kappa shape index (κ1) is 95.9. The lowest BCUT2D eigenvalue weighted by Crippen LogP contribution is -2.49. The molecule has 0 aliphatic carbocycles. The van der Waals surface area contributed by atoms with Crippen molar-refractivity contribution in [3.63, 3.8) is 0 Å². The molecule has 0 spiro atoms. The van der Waals surface area contributed by atoms with Crippen molar-refractivity contribution in [2.75, 3.05) is 39.6 Å². The van der Waals surface area contributed by atoms with Crippen molar-refractivity contribution in [2.24, 2.45) is 0 Å². The van der Waals surface area contributed by atoms with Crippen molar-refractivity contribution >= 4 is 72.6 Å².